The Labute approximate surface area is 467 Å². The van der Waals surface area contributed by atoms with Gasteiger partial charge in [-0.1, -0.05) is 185 Å². The minimum atomic E-state index is -0.138. The van der Waals surface area contributed by atoms with Crippen LogP contribution in [0.25, 0.3) is 32.7 Å². The lowest BCUT2D eigenvalue weighted by atomic mass is 9.33. The third kappa shape index (κ3) is 7.80. The molecular formula is C73H68BN3O2. The minimum absolute atomic E-state index is 0.0122. The van der Waals surface area contributed by atoms with Crippen molar-refractivity contribution in [3.05, 3.63) is 216 Å². The van der Waals surface area contributed by atoms with E-state index in [1.807, 2.05) is 0 Å². The highest BCUT2D eigenvalue weighted by Gasteiger charge is 2.46. The lowest BCUT2D eigenvalue weighted by molar-refractivity contribution is 0.172. The van der Waals surface area contributed by atoms with Crippen LogP contribution < -0.4 is 40.6 Å². The third-order valence-corrected chi connectivity index (χ3v) is 17.6. The summed E-state index contributed by atoms with van der Waals surface area (Å²) in [4.78, 5) is 7.57. The molecule has 390 valence electrons. The summed E-state index contributed by atoms with van der Waals surface area (Å²) >= 11 is 0. The molecule has 4 aliphatic rings. The van der Waals surface area contributed by atoms with Crippen molar-refractivity contribution in [3.8, 4) is 22.6 Å². The Morgan fingerprint density at radius 3 is 1.61 bits per heavy atom. The molecule has 0 atom stereocenters. The molecule has 6 heteroatoms. The molecule has 0 bridgehead atoms. The van der Waals surface area contributed by atoms with Crippen LogP contribution in [-0.2, 0) is 21.7 Å². The van der Waals surface area contributed by atoms with Gasteiger partial charge in [-0.2, -0.15) is 0 Å². The van der Waals surface area contributed by atoms with Crippen LogP contribution in [0.4, 0.5) is 51.2 Å². The molecule has 79 heavy (non-hydrogen) atoms. The number of benzene rings is 10. The molecule has 0 amide bonds. The van der Waals surface area contributed by atoms with E-state index in [1.165, 1.54) is 82.6 Å². The van der Waals surface area contributed by atoms with E-state index in [2.05, 4.69) is 279 Å². The first-order valence-corrected chi connectivity index (χ1v) is 28.3. The highest BCUT2D eigenvalue weighted by molar-refractivity contribution is 7.00. The fraction of sp³-hybridized carbons (Fsp3) is 0.233. The first-order chi connectivity index (χ1) is 37.8. The fourth-order valence-corrected chi connectivity index (χ4v) is 13.3. The molecule has 0 fully saturated rings. The number of ether oxygens (including phenoxy) is 2. The van der Waals surface area contributed by atoms with Crippen molar-refractivity contribution in [3.63, 3.8) is 0 Å². The number of rotatable bonds is 5. The van der Waals surface area contributed by atoms with E-state index in [9.17, 15) is 0 Å². The molecule has 3 heterocycles. The molecule has 0 unspecified atom stereocenters. The number of fused-ring (bicyclic) bond motifs is 11. The molecule has 0 saturated carbocycles. The zero-order valence-corrected chi connectivity index (χ0v) is 47.5. The van der Waals surface area contributed by atoms with Crippen LogP contribution in [0.1, 0.15) is 104 Å². The van der Waals surface area contributed by atoms with Gasteiger partial charge in [0.15, 0.2) is 11.5 Å². The van der Waals surface area contributed by atoms with Gasteiger partial charge in [-0.3, -0.25) is 0 Å². The number of hydrogen-bond donors (Lipinski definition) is 0. The molecule has 0 spiro atoms. The van der Waals surface area contributed by atoms with E-state index in [-0.39, 0.29) is 28.4 Å². The van der Waals surface area contributed by atoms with E-state index < -0.39 is 0 Å². The van der Waals surface area contributed by atoms with Gasteiger partial charge in [0.25, 0.3) is 6.71 Å². The Hall–Kier alpha value is -8.22. The van der Waals surface area contributed by atoms with Gasteiger partial charge >= 0.3 is 0 Å². The third-order valence-electron chi connectivity index (χ3n) is 17.6. The number of nitrogens with zero attached hydrogens (tertiary/aromatic N) is 3. The van der Waals surface area contributed by atoms with Crippen molar-refractivity contribution in [2.75, 3.05) is 27.9 Å². The Morgan fingerprint density at radius 2 is 0.962 bits per heavy atom. The second kappa shape index (κ2) is 17.4. The predicted molar refractivity (Wildman–Crippen MR) is 335 cm³/mol. The lowest BCUT2D eigenvalue weighted by Crippen LogP contribution is -2.61. The monoisotopic (exact) mass is 1030 g/mol. The zero-order chi connectivity index (χ0) is 54.5. The number of anilines is 9. The maximum atomic E-state index is 6.51. The molecule has 0 saturated heterocycles. The molecule has 0 radical (unpaired) electrons. The van der Waals surface area contributed by atoms with Crippen LogP contribution >= 0.6 is 0 Å². The lowest BCUT2D eigenvalue weighted by Gasteiger charge is -2.45. The van der Waals surface area contributed by atoms with Gasteiger partial charge < -0.3 is 24.2 Å². The van der Waals surface area contributed by atoms with Gasteiger partial charge in [-0.15, -0.1) is 0 Å². The van der Waals surface area contributed by atoms with Gasteiger partial charge in [-0.25, -0.2) is 0 Å². The van der Waals surface area contributed by atoms with Crippen molar-refractivity contribution in [2.45, 2.75) is 97.8 Å². The molecule has 14 rings (SSSR count). The first-order valence-electron chi connectivity index (χ1n) is 28.3. The van der Waals surface area contributed by atoms with Crippen molar-refractivity contribution < 1.29 is 9.47 Å². The van der Waals surface area contributed by atoms with Crippen LogP contribution in [0, 0.1) is 0 Å². The summed E-state index contributed by atoms with van der Waals surface area (Å²) in [5, 5.41) is 4.87. The van der Waals surface area contributed by atoms with Gasteiger partial charge in [-0.05, 0) is 166 Å². The van der Waals surface area contributed by atoms with E-state index >= 15 is 0 Å². The molecule has 3 aliphatic heterocycles. The Kier molecular flexibility index (Phi) is 10.8. The van der Waals surface area contributed by atoms with Crippen LogP contribution in [0.2, 0.25) is 0 Å². The summed E-state index contributed by atoms with van der Waals surface area (Å²) in [6.07, 6.45) is 0. The van der Waals surface area contributed by atoms with E-state index in [4.69, 9.17) is 9.47 Å². The highest BCUT2D eigenvalue weighted by atomic mass is 16.6. The Balaban J connectivity index is 1.09. The quantitative estimate of drug-likeness (QED) is 0.160. The first kappa shape index (κ1) is 49.1. The molecule has 10 aromatic rings. The van der Waals surface area contributed by atoms with Crippen molar-refractivity contribution >= 4 is 95.8 Å². The maximum Gasteiger partial charge on any atom is 0.252 e. The van der Waals surface area contributed by atoms with Gasteiger partial charge in [0.2, 0.25) is 0 Å². The molecule has 0 N–H and O–H groups in total. The second-order valence-electron chi connectivity index (χ2n) is 26.1. The summed E-state index contributed by atoms with van der Waals surface area (Å²) in [5.41, 5.74) is 22.7. The van der Waals surface area contributed by atoms with E-state index in [0.717, 1.165) is 57.0 Å². The average molecular weight is 1030 g/mol. The normalized spacial score (nSPS) is 14.9. The second-order valence-corrected chi connectivity index (χ2v) is 26.1. The van der Waals surface area contributed by atoms with Crippen LogP contribution in [0.5, 0.6) is 11.5 Å². The molecule has 10 aromatic carbocycles. The maximum absolute atomic E-state index is 6.51. The highest BCUT2D eigenvalue weighted by Crippen LogP contribution is 2.54. The minimum Gasteiger partial charge on any atom is -0.486 e. The smallest absolute Gasteiger partial charge is 0.252 e. The molecule has 0 aromatic heterocycles. The summed E-state index contributed by atoms with van der Waals surface area (Å²) in [6, 6.07) is 71.9. The Morgan fingerprint density at radius 1 is 0.430 bits per heavy atom. The van der Waals surface area contributed by atoms with Gasteiger partial charge in [0.1, 0.15) is 13.2 Å². The van der Waals surface area contributed by atoms with E-state index in [0.29, 0.717) is 13.2 Å². The van der Waals surface area contributed by atoms with Crippen molar-refractivity contribution in [1.82, 2.24) is 0 Å². The largest absolute Gasteiger partial charge is 0.486 e. The topological polar surface area (TPSA) is 28.2 Å². The van der Waals surface area contributed by atoms with Gasteiger partial charge in [0.05, 0.1) is 5.69 Å². The molecule has 5 nitrogen and oxygen atoms in total. The average Bonchev–Trinajstić information content (AvgIpc) is 3.90. The summed E-state index contributed by atoms with van der Waals surface area (Å²) in [6.45, 7) is 26.4. The summed E-state index contributed by atoms with van der Waals surface area (Å²) < 4.78 is 13.0. The van der Waals surface area contributed by atoms with Crippen molar-refractivity contribution in [1.29, 1.82) is 0 Å². The van der Waals surface area contributed by atoms with Crippen LogP contribution in [0.3, 0.4) is 0 Å². The standard InChI is InChI=1S/C73H68BN3O2/c1-70(2,3)48-22-28-51(29-23-48)76-62-35-26-50(72(7,8)9)40-60(62)74-61-43-66-67(79-37-36-78-66)44-63(61)77(52-30-24-49(25-31-52)71(4,5)6)65-42-55(41-64(76)69(65)74)75(53-27-20-45-16-12-13-17-46(45)38-53)54-32-33-56-47(39-54)21-34-59-68(56)57-18-14-15-19-58(57)73(59,10)11/h12-35,38-44H,36-37H2,1-11H3. The SMILES string of the molecule is CC(C)(C)c1ccc(N2c3ccc(C(C)(C)C)cc3B3c4cc5c(cc4N(c4ccc(C(C)(C)C)cc4)c4cc(N(c6ccc7ccccc7c6)c6ccc7c8c(ccc7c6)C(C)(C)c6ccccc6-8)cc2c43)OCCO5)cc1. The van der Waals surface area contributed by atoms with E-state index in [1.54, 1.807) is 0 Å². The molecule has 1 aliphatic carbocycles. The van der Waals surface area contributed by atoms with Gasteiger partial charge in [0, 0.05) is 57.0 Å². The predicted octanol–water partition coefficient (Wildman–Crippen LogP) is 17.5. The Bertz CT molecular complexity index is 4140. The van der Waals surface area contributed by atoms with Crippen LogP contribution in [0.15, 0.2) is 188 Å². The zero-order valence-electron chi connectivity index (χ0n) is 47.5. The van der Waals surface area contributed by atoms with Crippen LogP contribution in [-0.4, -0.2) is 19.9 Å². The fourth-order valence-electron chi connectivity index (χ4n) is 13.3. The summed E-state index contributed by atoms with van der Waals surface area (Å²) in [5.74, 6) is 1.56. The summed E-state index contributed by atoms with van der Waals surface area (Å²) in [7, 11) is 0. The molecular weight excluding hydrogens is 962 g/mol. The van der Waals surface area contributed by atoms with Crippen molar-refractivity contribution in [2.24, 2.45) is 0 Å². The number of hydrogen-bond acceptors (Lipinski definition) is 5.